The number of aromatic amines is 1. The molecule has 5 nitrogen and oxygen atoms in total. The van der Waals surface area contributed by atoms with Crippen LogP contribution in [0.15, 0.2) is 47.5 Å². The van der Waals surface area contributed by atoms with Crippen LogP contribution in [0.5, 0.6) is 5.75 Å². The summed E-state index contributed by atoms with van der Waals surface area (Å²) in [6, 6.07) is 15.5. The van der Waals surface area contributed by atoms with E-state index in [4.69, 9.17) is 16.3 Å². The molecule has 0 fully saturated rings. The number of hydrogen-bond donors (Lipinski definition) is 1. The number of aryl methyl sites for hydroxylation is 1. The molecule has 3 aromatic rings. The average Bonchev–Trinajstić information content (AvgIpc) is 3.01. The van der Waals surface area contributed by atoms with Crippen LogP contribution in [0.4, 0.5) is 5.82 Å². The summed E-state index contributed by atoms with van der Waals surface area (Å²) >= 11 is 6.02. The van der Waals surface area contributed by atoms with Crippen molar-refractivity contribution in [1.29, 1.82) is 5.26 Å². The summed E-state index contributed by atoms with van der Waals surface area (Å²) in [5.74, 6) is 1.07. The molecule has 2 aromatic carbocycles. The maximum atomic E-state index is 9.53. The Morgan fingerprint density at radius 3 is 2.88 bits per heavy atom. The zero-order valence-electron chi connectivity index (χ0n) is 14.5. The van der Waals surface area contributed by atoms with Gasteiger partial charge in [-0.25, -0.2) is 4.99 Å². The molecule has 0 radical (unpaired) electrons. The first-order valence-corrected chi connectivity index (χ1v) is 8.39. The van der Waals surface area contributed by atoms with Crippen LogP contribution in [0.25, 0.3) is 0 Å². The molecule has 0 spiro atoms. The number of rotatable bonds is 5. The molecule has 0 aliphatic carbocycles. The molecule has 0 aliphatic rings. The van der Waals surface area contributed by atoms with E-state index in [1.165, 1.54) is 0 Å². The van der Waals surface area contributed by atoms with Crippen LogP contribution in [0.1, 0.15) is 27.9 Å². The molecule has 0 bridgehead atoms. The molecule has 3 rings (SSSR count). The zero-order valence-corrected chi connectivity index (χ0v) is 15.2. The number of hydrogen-bond acceptors (Lipinski definition) is 4. The van der Waals surface area contributed by atoms with Crippen molar-refractivity contribution in [2.45, 2.75) is 13.3 Å². The van der Waals surface area contributed by atoms with E-state index >= 15 is 0 Å². The van der Waals surface area contributed by atoms with Crippen molar-refractivity contribution in [2.24, 2.45) is 4.99 Å². The van der Waals surface area contributed by atoms with E-state index in [0.29, 0.717) is 34.3 Å². The van der Waals surface area contributed by atoms with Gasteiger partial charge in [0.15, 0.2) is 5.82 Å². The molecule has 0 atom stereocenters. The average molecular weight is 365 g/mol. The molecule has 26 heavy (non-hydrogen) atoms. The first-order valence-electron chi connectivity index (χ1n) is 8.01. The third-order valence-corrected chi connectivity index (χ3v) is 4.15. The number of nitrogens with one attached hydrogen (secondary N) is 1. The second-order valence-corrected chi connectivity index (χ2v) is 6.26. The Balaban J connectivity index is 1.89. The van der Waals surface area contributed by atoms with Crippen molar-refractivity contribution < 1.29 is 4.74 Å². The predicted molar refractivity (Wildman–Crippen MR) is 103 cm³/mol. The van der Waals surface area contributed by atoms with Crippen LogP contribution >= 0.6 is 11.6 Å². The standard InChI is InChI=1S/C20H17ClN4O/c1-13-6-7-19(26-2)15(8-13)12-23-20-17(11-22)18(24-25-20)10-14-4-3-5-16(21)9-14/h3-9,12H,10H2,1-2H3,(H,24,25). The summed E-state index contributed by atoms with van der Waals surface area (Å²) in [5, 5.41) is 17.3. The number of ether oxygens (including phenoxy) is 1. The summed E-state index contributed by atoms with van der Waals surface area (Å²) in [6.07, 6.45) is 2.19. The van der Waals surface area contributed by atoms with E-state index in [2.05, 4.69) is 21.3 Å². The Labute approximate surface area is 156 Å². The van der Waals surface area contributed by atoms with Crippen molar-refractivity contribution in [2.75, 3.05) is 7.11 Å². The minimum absolute atomic E-state index is 0.355. The molecule has 1 aromatic heterocycles. The summed E-state index contributed by atoms with van der Waals surface area (Å²) in [6.45, 7) is 2.00. The van der Waals surface area contributed by atoms with Gasteiger partial charge in [-0.3, -0.25) is 5.10 Å². The lowest BCUT2D eigenvalue weighted by molar-refractivity contribution is 0.414. The van der Waals surface area contributed by atoms with E-state index in [1.54, 1.807) is 13.3 Å². The van der Waals surface area contributed by atoms with E-state index < -0.39 is 0 Å². The quantitative estimate of drug-likeness (QED) is 0.672. The van der Waals surface area contributed by atoms with Gasteiger partial charge < -0.3 is 4.74 Å². The van der Waals surface area contributed by atoms with Gasteiger partial charge in [-0.1, -0.05) is 35.4 Å². The lowest BCUT2D eigenvalue weighted by atomic mass is 10.1. The molecule has 6 heteroatoms. The SMILES string of the molecule is COc1ccc(C)cc1C=Nc1n[nH]c(Cc2cccc(Cl)c2)c1C#N. The summed E-state index contributed by atoms with van der Waals surface area (Å²) in [5.41, 5.74) is 4.05. The highest BCUT2D eigenvalue weighted by atomic mass is 35.5. The van der Waals surface area contributed by atoms with E-state index in [1.807, 2.05) is 49.4 Å². The highest BCUT2D eigenvalue weighted by Gasteiger charge is 2.13. The summed E-state index contributed by atoms with van der Waals surface area (Å²) in [4.78, 5) is 4.38. The molecule has 0 unspecified atom stereocenters. The summed E-state index contributed by atoms with van der Waals surface area (Å²) < 4.78 is 5.34. The first kappa shape index (κ1) is 17.7. The maximum absolute atomic E-state index is 9.53. The number of nitrogens with zero attached hydrogens (tertiary/aromatic N) is 3. The van der Waals surface area contributed by atoms with Gasteiger partial charge in [0, 0.05) is 23.2 Å². The summed E-state index contributed by atoms with van der Waals surface area (Å²) in [7, 11) is 1.61. The van der Waals surface area contributed by atoms with Crippen LogP contribution in [0.3, 0.4) is 0 Å². The van der Waals surface area contributed by atoms with Gasteiger partial charge in [0.25, 0.3) is 0 Å². The predicted octanol–water partition coefficient (Wildman–Crippen LogP) is 4.59. The van der Waals surface area contributed by atoms with E-state index in [9.17, 15) is 5.26 Å². The van der Waals surface area contributed by atoms with Gasteiger partial charge in [0.2, 0.25) is 0 Å². The second-order valence-electron chi connectivity index (χ2n) is 5.82. The fourth-order valence-corrected chi connectivity index (χ4v) is 2.86. The second kappa shape index (κ2) is 7.85. The molecule has 130 valence electrons. The van der Waals surface area contributed by atoms with Crippen LogP contribution < -0.4 is 4.74 Å². The lowest BCUT2D eigenvalue weighted by Crippen LogP contribution is -1.92. The van der Waals surface area contributed by atoms with Crippen molar-refractivity contribution in [1.82, 2.24) is 10.2 Å². The molecule has 1 N–H and O–H groups in total. The molecule has 1 heterocycles. The van der Waals surface area contributed by atoms with Gasteiger partial charge in [0.05, 0.1) is 12.8 Å². The van der Waals surface area contributed by atoms with Crippen molar-refractivity contribution >= 4 is 23.6 Å². The van der Waals surface area contributed by atoms with E-state index in [-0.39, 0.29) is 0 Å². The normalized spacial score (nSPS) is 10.8. The fourth-order valence-electron chi connectivity index (χ4n) is 2.64. The van der Waals surface area contributed by atoms with Crippen molar-refractivity contribution in [3.63, 3.8) is 0 Å². The van der Waals surface area contributed by atoms with Gasteiger partial charge in [0.1, 0.15) is 17.4 Å². The number of benzene rings is 2. The smallest absolute Gasteiger partial charge is 0.191 e. The molecule has 0 saturated carbocycles. The molecular formula is C20H17ClN4O. The largest absolute Gasteiger partial charge is 0.496 e. The monoisotopic (exact) mass is 364 g/mol. The Hall–Kier alpha value is -3.10. The Morgan fingerprint density at radius 2 is 2.15 bits per heavy atom. The van der Waals surface area contributed by atoms with Crippen molar-refractivity contribution in [3.8, 4) is 11.8 Å². The Bertz CT molecular complexity index is 1000. The van der Waals surface area contributed by atoms with Gasteiger partial charge in [-0.15, -0.1) is 0 Å². The minimum atomic E-state index is 0.355. The van der Waals surface area contributed by atoms with Crippen LogP contribution in [0.2, 0.25) is 5.02 Å². The zero-order chi connectivity index (χ0) is 18.5. The lowest BCUT2D eigenvalue weighted by Gasteiger charge is -2.04. The van der Waals surface area contributed by atoms with Gasteiger partial charge in [-0.05, 0) is 36.8 Å². The topological polar surface area (TPSA) is 74.1 Å². The van der Waals surface area contributed by atoms with Crippen molar-refractivity contribution in [3.05, 3.63) is 75.4 Å². The number of H-pyrrole nitrogens is 1. The third kappa shape index (κ3) is 3.93. The third-order valence-electron chi connectivity index (χ3n) is 3.92. The minimum Gasteiger partial charge on any atom is -0.496 e. The number of aliphatic imine (C=N–C) groups is 1. The van der Waals surface area contributed by atoms with Gasteiger partial charge in [-0.2, -0.15) is 10.4 Å². The maximum Gasteiger partial charge on any atom is 0.191 e. The number of halogens is 1. The van der Waals surface area contributed by atoms with Gasteiger partial charge >= 0.3 is 0 Å². The highest BCUT2D eigenvalue weighted by molar-refractivity contribution is 6.30. The highest BCUT2D eigenvalue weighted by Crippen LogP contribution is 2.23. The number of nitriles is 1. The van der Waals surface area contributed by atoms with E-state index in [0.717, 1.165) is 16.7 Å². The molecule has 0 amide bonds. The fraction of sp³-hybridized carbons (Fsp3) is 0.150. The van der Waals surface area contributed by atoms with Crippen LogP contribution in [-0.2, 0) is 6.42 Å². The van der Waals surface area contributed by atoms with Crippen LogP contribution in [-0.4, -0.2) is 23.5 Å². The Kier molecular flexibility index (Phi) is 5.35. The number of aromatic nitrogens is 2. The van der Waals surface area contributed by atoms with Crippen LogP contribution in [0, 0.1) is 18.3 Å². The molecule has 0 aliphatic heterocycles. The Morgan fingerprint density at radius 1 is 1.31 bits per heavy atom. The molecular weight excluding hydrogens is 348 g/mol. The molecule has 0 saturated heterocycles. The number of methoxy groups -OCH3 is 1. The first-order chi connectivity index (χ1) is 12.6.